The third-order valence-electron chi connectivity index (χ3n) is 2.95. The maximum absolute atomic E-state index is 12.2. The minimum Gasteiger partial charge on any atom is -0.545 e. The summed E-state index contributed by atoms with van der Waals surface area (Å²) in [6, 6.07) is 7.93. The van der Waals surface area contributed by atoms with Crippen LogP contribution in [0.4, 0.5) is 5.69 Å². The number of rotatable bonds is 5. The molecule has 120 valence electrons. The highest BCUT2D eigenvalue weighted by molar-refractivity contribution is 7.87. The molecule has 0 radical (unpaired) electrons. The normalized spacial score (nSPS) is 11.0. The van der Waals surface area contributed by atoms with Crippen molar-refractivity contribution >= 4 is 21.8 Å². The molecule has 0 saturated carbocycles. The highest BCUT2D eigenvalue weighted by Crippen LogP contribution is 2.25. The lowest BCUT2D eigenvalue weighted by Crippen LogP contribution is -2.22. The van der Waals surface area contributed by atoms with Gasteiger partial charge in [0.2, 0.25) is 0 Å². The summed E-state index contributed by atoms with van der Waals surface area (Å²) in [5, 5.41) is 21.4. The monoisotopic (exact) mass is 336 g/mol. The molecule has 0 aliphatic carbocycles. The molecule has 0 bridgehead atoms. The first-order valence-corrected chi connectivity index (χ1v) is 7.62. The van der Waals surface area contributed by atoms with Crippen molar-refractivity contribution in [2.24, 2.45) is 0 Å². The third-order valence-corrected chi connectivity index (χ3v) is 4.34. The quantitative estimate of drug-likeness (QED) is 0.453. The minimum atomic E-state index is -4.30. The molecule has 8 nitrogen and oxygen atoms in total. The second kappa shape index (κ2) is 6.05. The average Bonchev–Trinajstić information content (AvgIpc) is 2.47. The van der Waals surface area contributed by atoms with Gasteiger partial charge in [0.1, 0.15) is 10.6 Å². The number of carbonyl (C=O) groups excluding carboxylic acids is 1. The number of aromatic carboxylic acids is 1. The van der Waals surface area contributed by atoms with Crippen LogP contribution in [0.3, 0.4) is 0 Å². The van der Waals surface area contributed by atoms with Gasteiger partial charge < -0.3 is 14.1 Å². The van der Waals surface area contributed by atoms with E-state index in [4.69, 9.17) is 4.18 Å². The fourth-order valence-corrected chi connectivity index (χ4v) is 2.97. The van der Waals surface area contributed by atoms with E-state index in [1.54, 1.807) is 0 Å². The largest absolute Gasteiger partial charge is 0.545 e. The Morgan fingerprint density at radius 2 is 1.74 bits per heavy atom. The van der Waals surface area contributed by atoms with E-state index in [-0.39, 0.29) is 27.5 Å². The summed E-state index contributed by atoms with van der Waals surface area (Å²) in [4.78, 5) is 20.3. The first kappa shape index (κ1) is 16.4. The molecule has 0 aliphatic heterocycles. The summed E-state index contributed by atoms with van der Waals surface area (Å²) in [5.74, 6) is -1.53. The third kappa shape index (κ3) is 3.64. The van der Waals surface area contributed by atoms with Crippen molar-refractivity contribution in [3.05, 3.63) is 63.7 Å². The number of nitro groups is 1. The van der Waals surface area contributed by atoms with E-state index < -0.39 is 21.0 Å². The van der Waals surface area contributed by atoms with E-state index in [1.807, 2.05) is 0 Å². The van der Waals surface area contributed by atoms with Crippen LogP contribution in [0.2, 0.25) is 0 Å². The van der Waals surface area contributed by atoms with Crippen LogP contribution in [-0.4, -0.2) is 19.3 Å². The summed E-state index contributed by atoms with van der Waals surface area (Å²) >= 11 is 0. The van der Waals surface area contributed by atoms with E-state index >= 15 is 0 Å². The van der Waals surface area contributed by atoms with Gasteiger partial charge in [-0.2, -0.15) is 8.42 Å². The van der Waals surface area contributed by atoms with Gasteiger partial charge in [-0.25, -0.2) is 0 Å². The standard InChI is InChI=1S/C14H11NO7S/c1-9-2-5-11(15(18)19)8-13(9)23(20,21)22-12-6-3-10(4-7-12)14(16)17/h2-8H,1H3,(H,16,17)/p-1. The van der Waals surface area contributed by atoms with Crippen molar-refractivity contribution in [3.63, 3.8) is 0 Å². The zero-order valence-corrected chi connectivity index (χ0v) is 12.6. The second-order valence-electron chi connectivity index (χ2n) is 4.56. The average molecular weight is 336 g/mol. The number of non-ortho nitro benzene ring substituents is 1. The van der Waals surface area contributed by atoms with Crippen LogP contribution in [-0.2, 0) is 10.1 Å². The van der Waals surface area contributed by atoms with Crippen LogP contribution in [0.1, 0.15) is 15.9 Å². The summed E-state index contributed by atoms with van der Waals surface area (Å²) in [6.07, 6.45) is 0. The maximum atomic E-state index is 12.2. The topological polar surface area (TPSA) is 127 Å². The van der Waals surface area contributed by atoms with Gasteiger partial charge in [-0.15, -0.1) is 0 Å². The SMILES string of the molecule is Cc1ccc([N+](=O)[O-])cc1S(=O)(=O)Oc1ccc(C(=O)[O-])cc1. The number of nitrogens with zero attached hydrogens (tertiary/aromatic N) is 1. The molecule has 0 N–H and O–H groups in total. The van der Waals surface area contributed by atoms with Gasteiger partial charge in [0.15, 0.2) is 0 Å². The number of nitro benzene ring substituents is 1. The highest BCUT2D eigenvalue weighted by Gasteiger charge is 2.22. The lowest BCUT2D eigenvalue weighted by Gasteiger charge is -2.10. The lowest BCUT2D eigenvalue weighted by atomic mass is 10.2. The molecule has 23 heavy (non-hydrogen) atoms. The van der Waals surface area contributed by atoms with E-state index in [9.17, 15) is 28.4 Å². The van der Waals surface area contributed by atoms with Crippen molar-refractivity contribution in [3.8, 4) is 5.75 Å². The summed E-state index contributed by atoms with van der Waals surface area (Å²) < 4.78 is 29.4. The van der Waals surface area contributed by atoms with Gasteiger partial charge in [-0.1, -0.05) is 6.07 Å². The Labute approximate surface area is 131 Å². The Kier molecular flexibility index (Phi) is 4.32. The second-order valence-corrected chi connectivity index (χ2v) is 6.07. The summed E-state index contributed by atoms with van der Waals surface area (Å²) in [6.45, 7) is 1.47. The zero-order valence-electron chi connectivity index (χ0n) is 11.8. The van der Waals surface area contributed by atoms with Gasteiger partial charge in [0.05, 0.1) is 10.9 Å². The molecule has 2 rings (SSSR count). The van der Waals surface area contributed by atoms with E-state index in [0.29, 0.717) is 0 Å². The van der Waals surface area contributed by atoms with Gasteiger partial charge >= 0.3 is 10.1 Å². The molecule has 0 amide bonds. The van der Waals surface area contributed by atoms with Crippen LogP contribution in [0.15, 0.2) is 47.4 Å². The molecule has 0 heterocycles. The Hall–Kier alpha value is -2.94. The van der Waals surface area contributed by atoms with Crippen molar-refractivity contribution in [2.75, 3.05) is 0 Å². The number of benzene rings is 2. The number of carbonyl (C=O) groups is 1. The van der Waals surface area contributed by atoms with E-state index in [0.717, 1.165) is 30.3 Å². The maximum Gasteiger partial charge on any atom is 0.339 e. The Bertz CT molecular complexity index is 872. The molecule has 0 saturated heterocycles. The number of hydrogen-bond acceptors (Lipinski definition) is 7. The molecule has 0 fully saturated rings. The zero-order chi connectivity index (χ0) is 17.2. The van der Waals surface area contributed by atoms with Crippen LogP contribution in [0.25, 0.3) is 0 Å². The molecule has 2 aromatic rings. The Morgan fingerprint density at radius 3 is 2.26 bits per heavy atom. The number of aryl methyl sites for hydroxylation is 1. The van der Waals surface area contributed by atoms with Gasteiger partial charge in [0.25, 0.3) is 5.69 Å². The van der Waals surface area contributed by atoms with Crippen molar-refractivity contribution in [2.45, 2.75) is 11.8 Å². The molecular formula is C14H10NO7S-. The van der Waals surface area contributed by atoms with Crippen LogP contribution in [0.5, 0.6) is 5.75 Å². The van der Waals surface area contributed by atoms with Crippen molar-refractivity contribution in [1.82, 2.24) is 0 Å². The predicted molar refractivity (Wildman–Crippen MR) is 76.4 cm³/mol. The summed E-state index contributed by atoms with van der Waals surface area (Å²) in [5.41, 5.74) is -0.242. The molecular weight excluding hydrogens is 326 g/mol. The number of hydrogen-bond donors (Lipinski definition) is 0. The number of carboxylic acids is 1. The molecule has 0 aromatic heterocycles. The smallest absolute Gasteiger partial charge is 0.339 e. The van der Waals surface area contributed by atoms with E-state index in [2.05, 4.69) is 0 Å². The van der Waals surface area contributed by atoms with Crippen molar-refractivity contribution < 1.29 is 27.4 Å². The van der Waals surface area contributed by atoms with E-state index in [1.165, 1.54) is 19.1 Å². The van der Waals surface area contributed by atoms with Crippen LogP contribution >= 0.6 is 0 Å². The number of carboxylic acid groups (broad SMARTS) is 1. The molecule has 0 spiro atoms. The predicted octanol–water partition coefficient (Wildman–Crippen LogP) is 1.03. The highest BCUT2D eigenvalue weighted by atomic mass is 32.2. The first-order valence-electron chi connectivity index (χ1n) is 6.21. The molecule has 0 aliphatic rings. The molecule has 9 heteroatoms. The molecule has 0 unspecified atom stereocenters. The fraction of sp³-hybridized carbons (Fsp3) is 0.0714. The lowest BCUT2D eigenvalue weighted by molar-refractivity contribution is -0.385. The minimum absolute atomic E-state index is 0.124. The van der Waals surface area contributed by atoms with Gasteiger partial charge in [-0.3, -0.25) is 10.1 Å². The van der Waals surface area contributed by atoms with Crippen molar-refractivity contribution in [1.29, 1.82) is 0 Å². The van der Waals surface area contributed by atoms with Crippen LogP contribution in [0, 0.1) is 17.0 Å². The van der Waals surface area contributed by atoms with Crippen LogP contribution < -0.4 is 9.29 Å². The Morgan fingerprint density at radius 1 is 1.13 bits per heavy atom. The fourth-order valence-electron chi connectivity index (χ4n) is 1.79. The summed E-state index contributed by atoms with van der Waals surface area (Å²) in [7, 11) is -4.30. The Balaban J connectivity index is 2.37. The molecule has 0 atom stereocenters. The molecule has 2 aromatic carbocycles. The van der Waals surface area contributed by atoms with Gasteiger partial charge in [0, 0.05) is 12.1 Å². The van der Waals surface area contributed by atoms with Gasteiger partial charge in [-0.05, 0) is 42.3 Å². The first-order chi connectivity index (χ1) is 10.7.